The summed E-state index contributed by atoms with van der Waals surface area (Å²) in [6, 6.07) is 3.22. The van der Waals surface area contributed by atoms with Crippen LogP contribution in [0.15, 0.2) is 21.6 Å². The topological polar surface area (TPSA) is 71.3 Å². The number of furan rings is 1. The van der Waals surface area contributed by atoms with E-state index in [1.807, 2.05) is 6.92 Å². The van der Waals surface area contributed by atoms with Crippen molar-refractivity contribution < 1.29 is 12.8 Å². The molecule has 1 saturated carbocycles. The third-order valence-electron chi connectivity index (χ3n) is 3.95. The second-order valence-electron chi connectivity index (χ2n) is 5.84. The van der Waals surface area contributed by atoms with Crippen LogP contribution in [0.4, 0.5) is 0 Å². The average molecular weight is 300 g/mol. The Morgan fingerprint density at radius 2 is 2.00 bits per heavy atom. The molecule has 0 unspecified atom stereocenters. The van der Waals surface area contributed by atoms with Gasteiger partial charge in [-0.15, -0.1) is 0 Å². The largest absolute Gasteiger partial charge is 0.447 e. The summed E-state index contributed by atoms with van der Waals surface area (Å²) in [7, 11) is -3.53. The number of sulfonamides is 1. The fourth-order valence-electron chi connectivity index (χ4n) is 2.59. The Labute approximate surface area is 121 Å². The maximum absolute atomic E-state index is 12.2. The van der Waals surface area contributed by atoms with Gasteiger partial charge in [-0.05, 0) is 36.9 Å². The first-order valence-electron chi connectivity index (χ1n) is 7.24. The first kappa shape index (κ1) is 15.5. The van der Waals surface area contributed by atoms with Crippen LogP contribution in [-0.4, -0.2) is 21.5 Å². The van der Waals surface area contributed by atoms with Gasteiger partial charge in [0.15, 0.2) is 0 Å². The molecule has 0 aliphatic heterocycles. The lowest BCUT2D eigenvalue weighted by Crippen LogP contribution is -2.33. The molecule has 1 fully saturated rings. The Morgan fingerprint density at radius 1 is 1.30 bits per heavy atom. The molecule has 0 atom stereocenters. The van der Waals surface area contributed by atoms with Crippen molar-refractivity contribution in [3.8, 4) is 0 Å². The molecule has 0 bridgehead atoms. The van der Waals surface area contributed by atoms with Crippen LogP contribution in [-0.2, 0) is 16.6 Å². The highest BCUT2D eigenvalue weighted by Gasteiger charge is 2.31. The minimum atomic E-state index is -3.53. The summed E-state index contributed by atoms with van der Waals surface area (Å²) in [5.74, 6) is 0.638. The smallest absolute Gasteiger partial charge is 0.273 e. The summed E-state index contributed by atoms with van der Waals surface area (Å²) < 4.78 is 32.5. The van der Waals surface area contributed by atoms with E-state index >= 15 is 0 Å². The molecule has 0 spiro atoms. The number of hydrogen-bond acceptors (Lipinski definition) is 4. The van der Waals surface area contributed by atoms with Crippen molar-refractivity contribution in [3.63, 3.8) is 0 Å². The highest BCUT2D eigenvalue weighted by Crippen LogP contribution is 2.37. The molecule has 0 amide bonds. The Bertz CT molecular complexity index is 530. The number of nitrogens with one attached hydrogen (secondary N) is 2. The van der Waals surface area contributed by atoms with E-state index in [1.54, 1.807) is 6.07 Å². The van der Waals surface area contributed by atoms with Gasteiger partial charge in [0.2, 0.25) is 5.09 Å². The van der Waals surface area contributed by atoms with E-state index in [-0.39, 0.29) is 10.5 Å². The standard InChI is InChI=1S/C14H24N2O3S/c1-3-15-10-12-6-7-13(19-12)20(17,18)16-11-14(2)8-4-5-9-14/h6-7,15-16H,3-5,8-11H2,1-2H3. The molecule has 5 nitrogen and oxygen atoms in total. The van der Waals surface area contributed by atoms with Gasteiger partial charge in [-0.2, -0.15) is 0 Å². The maximum atomic E-state index is 12.2. The molecule has 2 rings (SSSR count). The van der Waals surface area contributed by atoms with E-state index in [9.17, 15) is 8.42 Å². The minimum absolute atomic E-state index is 0.00648. The third-order valence-corrected chi connectivity index (χ3v) is 5.22. The normalized spacial score (nSPS) is 18.5. The van der Waals surface area contributed by atoms with Crippen LogP contribution in [0.2, 0.25) is 0 Å². The van der Waals surface area contributed by atoms with Crippen LogP contribution in [0.1, 0.15) is 45.3 Å². The van der Waals surface area contributed by atoms with Crippen molar-refractivity contribution in [1.29, 1.82) is 0 Å². The first-order chi connectivity index (χ1) is 9.45. The molecule has 6 heteroatoms. The Balaban J connectivity index is 1.97. The fourth-order valence-corrected chi connectivity index (χ4v) is 3.74. The van der Waals surface area contributed by atoms with E-state index in [4.69, 9.17) is 4.42 Å². The maximum Gasteiger partial charge on any atom is 0.273 e. The Morgan fingerprint density at radius 3 is 2.65 bits per heavy atom. The molecule has 1 heterocycles. The van der Waals surface area contributed by atoms with Crippen LogP contribution < -0.4 is 10.0 Å². The van der Waals surface area contributed by atoms with Gasteiger partial charge in [0.05, 0.1) is 6.54 Å². The van der Waals surface area contributed by atoms with Gasteiger partial charge in [-0.3, -0.25) is 0 Å². The third kappa shape index (κ3) is 3.84. The predicted octanol–water partition coefficient (Wildman–Crippen LogP) is 2.25. The van der Waals surface area contributed by atoms with Crippen LogP contribution in [0.25, 0.3) is 0 Å². The molecule has 1 aliphatic carbocycles. The summed E-state index contributed by atoms with van der Waals surface area (Å²) >= 11 is 0. The van der Waals surface area contributed by atoms with Gasteiger partial charge in [0, 0.05) is 6.54 Å². The summed E-state index contributed by atoms with van der Waals surface area (Å²) in [5.41, 5.74) is 0.0895. The van der Waals surface area contributed by atoms with Crippen molar-refractivity contribution in [2.75, 3.05) is 13.1 Å². The lowest BCUT2D eigenvalue weighted by atomic mass is 9.89. The van der Waals surface area contributed by atoms with Crippen LogP contribution >= 0.6 is 0 Å². The summed E-state index contributed by atoms with van der Waals surface area (Å²) in [6.45, 7) is 5.98. The van der Waals surface area contributed by atoms with Crippen molar-refractivity contribution in [2.24, 2.45) is 5.41 Å². The second kappa shape index (κ2) is 6.28. The zero-order valence-electron chi connectivity index (χ0n) is 12.2. The highest BCUT2D eigenvalue weighted by molar-refractivity contribution is 7.89. The summed E-state index contributed by atoms with van der Waals surface area (Å²) in [5, 5.41) is 3.11. The lowest BCUT2D eigenvalue weighted by molar-refractivity contribution is 0.333. The monoisotopic (exact) mass is 300 g/mol. The molecule has 20 heavy (non-hydrogen) atoms. The fraction of sp³-hybridized carbons (Fsp3) is 0.714. The molecular weight excluding hydrogens is 276 g/mol. The van der Waals surface area contributed by atoms with E-state index in [1.165, 1.54) is 18.9 Å². The minimum Gasteiger partial charge on any atom is -0.447 e. The van der Waals surface area contributed by atoms with Gasteiger partial charge in [0.1, 0.15) is 5.76 Å². The number of rotatable bonds is 7. The van der Waals surface area contributed by atoms with Gasteiger partial charge in [-0.1, -0.05) is 26.7 Å². The van der Waals surface area contributed by atoms with E-state index in [0.717, 1.165) is 19.4 Å². The molecule has 1 aliphatic rings. The summed E-state index contributed by atoms with van der Waals surface area (Å²) in [6.07, 6.45) is 4.54. The zero-order valence-corrected chi connectivity index (χ0v) is 13.1. The number of hydrogen-bond donors (Lipinski definition) is 2. The van der Waals surface area contributed by atoms with Crippen molar-refractivity contribution in [2.45, 2.75) is 51.2 Å². The first-order valence-corrected chi connectivity index (χ1v) is 8.73. The zero-order chi connectivity index (χ0) is 14.6. The van der Waals surface area contributed by atoms with Crippen LogP contribution in [0, 0.1) is 5.41 Å². The Kier molecular flexibility index (Phi) is 4.88. The molecule has 1 aromatic heterocycles. The van der Waals surface area contributed by atoms with Crippen LogP contribution in [0.5, 0.6) is 0 Å². The molecule has 0 radical (unpaired) electrons. The molecule has 2 N–H and O–H groups in total. The van der Waals surface area contributed by atoms with Crippen molar-refractivity contribution in [1.82, 2.24) is 10.0 Å². The Hall–Kier alpha value is -0.850. The highest BCUT2D eigenvalue weighted by atomic mass is 32.2. The van der Waals surface area contributed by atoms with Gasteiger partial charge in [0.25, 0.3) is 10.0 Å². The molecule has 0 aromatic carbocycles. The molecule has 114 valence electrons. The van der Waals surface area contributed by atoms with Gasteiger partial charge >= 0.3 is 0 Å². The van der Waals surface area contributed by atoms with E-state index < -0.39 is 10.0 Å². The van der Waals surface area contributed by atoms with E-state index in [2.05, 4.69) is 17.0 Å². The second-order valence-corrected chi connectivity index (χ2v) is 7.54. The summed E-state index contributed by atoms with van der Waals surface area (Å²) in [4.78, 5) is 0. The SMILES string of the molecule is CCNCc1ccc(S(=O)(=O)NCC2(C)CCCC2)o1. The molecule has 0 saturated heterocycles. The van der Waals surface area contributed by atoms with Crippen molar-refractivity contribution in [3.05, 3.63) is 17.9 Å². The predicted molar refractivity (Wildman–Crippen MR) is 77.9 cm³/mol. The van der Waals surface area contributed by atoms with E-state index in [0.29, 0.717) is 18.8 Å². The molecular formula is C14H24N2O3S. The van der Waals surface area contributed by atoms with Crippen LogP contribution in [0.3, 0.4) is 0 Å². The average Bonchev–Trinajstić information content (AvgIpc) is 3.04. The van der Waals surface area contributed by atoms with Gasteiger partial charge in [-0.25, -0.2) is 13.1 Å². The lowest BCUT2D eigenvalue weighted by Gasteiger charge is -2.23. The van der Waals surface area contributed by atoms with Gasteiger partial charge < -0.3 is 9.73 Å². The molecule has 1 aromatic rings. The van der Waals surface area contributed by atoms with Crippen molar-refractivity contribution >= 4 is 10.0 Å². The quantitative estimate of drug-likeness (QED) is 0.810.